The van der Waals surface area contributed by atoms with E-state index in [0.29, 0.717) is 54.1 Å². The Kier molecular flexibility index (Phi) is 11.4. The second-order valence-electron chi connectivity index (χ2n) is 12.2. The van der Waals surface area contributed by atoms with Gasteiger partial charge in [0, 0.05) is 55.4 Å². The number of carbonyl (C=O) groups is 3. The van der Waals surface area contributed by atoms with Gasteiger partial charge in [-0.25, -0.2) is 9.97 Å². The van der Waals surface area contributed by atoms with Gasteiger partial charge in [-0.15, -0.1) is 0 Å². The molecule has 13 nitrogen and oxygen atoms in total. The summed E-state index contributed by atoms with van der Waals surface area (Å²) in [5.41, 5.74) is 3.12. The van der Waals surface area contributed by atoms with Gasteiger partial charge in [-0.05, 0) is 62.6 Å². The highest BCUT2D eigenvalue weighted by molar-refractivity contribution is 6.02. The molecule has 0 bridgehead atoms. The van der Waals surface area contributed by atoms with Crippen LogP contribution in [-0.2, 0) is 19.1 Å². The third-order valence-electron chi connectivity index (χ3n) is 8.72. The van der Waals surface area contributed by atoms with Gasteiger partial charge in [0.05, 0.1) is 37.6 Å². The van der Waals surface area contributed by atoms with Crippen molar-refractivity contribution < 1.29 is 23.9 Å². The molecule has 3 amide bonds. The Labute approximate surface area is 275 Å². The molecule has 2 aliphatic heterocycles. The highest BCUT2D eigenvalue weighted by Crippen LogP contribution is 2.34. The second kappa shape index (κ2) is 15.9. The van der Waals surface area contributed by atoms with Crippen molar-refractivity contribution in [1.82, 2.24) is 25.5 Å². The number of hydrogen-bond acceptors (Lipinski definition) is 10. The first-order valence-corrected chi connectivity index (χ1v) is 16.4. The maximum atomic E-state index is 13.6. The number of rotatable bonds is 13. The fraction of sp³-hybridized carbons (Fsp3) is 0.500. The Balaban J connectivity index is 1.24. The first-order valence-electron chi connectivity index (χ1n) is 16.4. The number of likely N-dealkylation sites (N-methyl/N-ethyl adjacent to an activating group) is 1. The maximum absolute atomic E-state index is 13.6. The number of morpholine rings is 1. The summed E-state index contributed by atoms with van der Waals surface area (Å²) in [5.74, 6) is 0.740. The number of amides is 3. The highest BCUT2D eigenvalue weighted by Gasteiger charge is 2.34. The summed E-state index contributed by atoms with van der Waals surface area (Å²) >= 11 is 0. The number of ether oxygens (including phenoxy) is 2. The lowest BCUT2D eigenvalue weighted by molar-refractivity contribution is -0.136. The van der Waals surface area contributed by atoms with E-state index < -0.39 is 6.04 Å². The minimum Gasteiger partial charge on any atom is -0.494 e. The van der Waals surface area contributed by atoms with Gasteiger partial charge in [-0.3, -0.25) is 14.4 Å². The molecule has 2 aliphatic rings. The van der Waals surface area contributed by atoms with Gasteiger partial charge in [-0.1, -0.05) is 13.8 Å². The predicted octanol–water partition coefficient (Wildman–Crippen LogP) is 3.29. The molecular formula is C34H46N8O5. The summed E-state index contributed by atoms with van der Waals surface area (Å²) in [6.07, 6.45) is 3.53. The molecule has 2 saturated heterocycles. The van der Waals surface area contributed by atoms with Crippen LogP contribution in [0.2, 0.25) is 0 Å². The zero-order chi connectivity index (χ0) is 33.3. The Morgan fingerprint density at radius 2 is 1.83 bits per heavy atom. The van der Waals surface area contributed by atoms with E-state index in [-0.39, 0.29) is 36.1 Å². The van der Waals surface area contributed by atoms with Crippen molar-refractivity contribution in [2.24, 2.45) is 5.92 Å². The number of nitrogens with one attached hydrogen (secondary N) is 4. The molecule has 5 rings (SSSR count). The molecule has 0 unspecified atom stereocenters. The zero-order valence-corrected chi connectivity index (χ0v) is 27.7. The summed E-state index contributed by atoms with van der Waals surface area (Å²) in [4.78, 5) is 52.0. The number of nitrogens with zero attached hydrogens (tertiary/aromatic N) is 4. The molecule has 2 aromatic carbocycles. The Morgan fingerprint density at radius 3 is 2.53 bits per heavy atom. The third kappa shape index (κ3) is 8.27. The van der Waals surface area contributed by atoms with Gasteiger partial charge < -0.3 is 40.5 Å². The van der Waals surface area contributed by atoms with Crippen LogP contribution in [0.3, 0.4) is 0 Å². The van der Waals surface area contributed by atoms with Crippen LogP contribution in [0.25, 0.3) is 10.9 Å². The van der Waals surface area contributed by atoms with E-state index in [1.807, 2.05) is 26.0 Å². The van der Waals surface area contributed by atoms with Crippen LogP contribution in [0.5, 0.6) is 5.75 Å². The topological polar surface area (TPSA) is 150 Å². The van der Waals surface area contributed by atoms with Gasteiger partial charge in [0.1, 0.15) is 23.9 Å². The highest BCUT2D eigenvalue weighted by atomic mass is 16.5. The first kappa shape index (κ1) is 33.9. The molecule has 0 aliphatic carbocycles. The summed E-state index contributed by atoms with van der Waals surface area (Å²) in [7, 11) is 3.30. The first-order chi connectivity index (χ1) is 22.8. The van der Waals surface area contributed by atoms with E-state index in [9.17, 15) is 14.4 Å². The molecule has 0 saturated carbocycles. The zero-order valence-electron chi connectivity index (χ0n) is 27.7. The Bertz CT molecular complexity index is 1540. The van der Waals surface area contributed by atoms with Crippen molar-refractivity contribution in [3.05, 3.63) is 42.7 Å². The van der Waals surface area contributed by atoms with Crippen LogP contribution in [0.4, 0.5) is 22.9 Å². The monoisotopic (exact) mass is 646 g/mol. The molecule has 2 fully saturated rings. The minimum absolute atomic E-state index is 0.0804. The second-order valence-corrected chi connectivity index (χ2v) is 12.2. The van der Waals surface area contributed by atoms with Crippen molar-refractivity contribution in [3.63, 3.8) is 0 Å². The number of anilines is 4. The van der Waals surface area contributed by atoms with Crippen LogP contribution in [-0.4, -0.2) is 98.2 Å². The van der Waals surface area contributed by atoms with Crippen molar-refractivity contribution in [3.8, 4) is 5.75 Å². The molecular weight excluding hydrogens is 600 g/mol. The van der Waals surface area contributed by atoms with Gasteiger partial charge in [0.15, 0.2) is 0 Å². The molecule has 3 aromatic rings. The quantitative estimate of drug-likeness (QED) is 0.204. The maximum Gasteiger partial charge on any atom is 0.247 e. The van der Waals surface area contributed by atoms with Crippen LogP contribution in [0.1, 0.15) is 39.5 Å². The average Bonchev–Trinajstić information content (AvgIpc) is 3.58. The molecule has 2 atom stereocenters. The number of likely N-dealkylation sites (tertiary alicyclic amines) is 1. The minimum atomic E-state index is -0.596. The van der Waals surface area contributed by atoms with Gasteiger partial charge in [0.25, 0.3) is 0 Å². The number of fused-ring (bicyclic) bond motifs is 1. The normalized spacial score (nSPS) is 17.1. The molecule has 3 heterocycles. The number of hydrogen-bond donors (Lipinski definition) is 4. The van der Waals surface area contributed by atoms with Crippen LogP contribution in [0, 0.1) is 5.92 Å². The lowest BCUT2D eigenvalue weighted by Gasteiger charge is -2.28. The number of carbonyl (C=O) groups excluding carboxylic acids is 3. The fourth-order valence-corrected chi connectivity index (χ4v) is 6.19. The fourth-order valence-electron chi connectivity index (χ4n) is 6.19. The largest absolute Gasteiger partial charge is 0.494 e. The number of methoxy groups -OCH3 is 1. The van der Waals surface area contributed by atoms with E-state index in [1.165, 1.54) is 13.4 Å². The van der Waals surface area contributed by atoms with Crippen LogP contribution in [0.15, 0.2) is 42.7 Å². The Hall–Kier alpha value is -4.49. The molecule has 0 spiro atoms. The predicted molar refractivity (Wildman–Crippen MR) is 182 cm³/mol. The molecule has 47 heavy (non-hydrogen) atoms. The third-order valence-corrected chi connectivity index (χ3v) is 8.72. The number of benzene rings is 2. The lowest BCUT2D eigenvalue weighted by atomic mass is 10.0. The van der Waals surface area contributed by atoms with Crippen molar-refractivity contribution in [1.29, 1.82) is 0 Å². The van der Waals surface area contributed by atoms with Crippen molar-refractivity contribution >= 4 is 51.5 Å². The van der Waals surface area contributed by atoms with Gasteiger partial charge in [-0.2, -0.15) is 0 Å². The van der Waals surface area contributed by atoms with Gasteiger partial charge >= 0.3 is 0 Å². The standard InChI is InChI=1S/C34H46N8O5/c1-22(2)31(35-3)34(45)36-13-5-8-30(43)42-14-6-7-28(42)33(44)40-27-19-25-26(20-29(27)46-4)37-21-38-32(25)39-23-9-11-24(12-10-23)41-15-17-47-18-16-41/h9-12,19-22,28,31,35H,5-8,13-18H2,1-4H3,(H,36,45)(H,40,44)(H,37,38,39)/t28-,31-/m0/s1. The van der Waals surface area contributed by atoms with Crippen molar-refractivity contribution in [2.75, 3.05) is 69.1 Å². The summed E-state index contributed by atoms with van der Waals surface area (Å²) in [5, 5.41) is 13.0. The number of aromatic nitrogens is 2. The molecule has 4 N–H and O–H groups in total. The van der Waals surface area contributed by atoms with E-state index >= 15 is 0 Å². The smallest absolute Gasteiger partial charge is 0.247 e. The molecule has 0 radical (unpaired) electrons. The van der Waals surface area contributed by atoms with Gasteiger partial charge in [0.2, 0.25) is 17.7 Å². The molecule has 13 heteroatoms. The average molecular weight is 647 g/mol. The Morgan fingerprint density at radius 1 is 1.06 bits per heavy atom. The lowest BCUT2D eigenvalue weighted by Crippen LogP contribution is -2.46. The van der Waals surface area contributed by atoms with E-state index in [4.69, 9.17) is 9.47 Å². The van der Waals surface area contributed by atoms with Crippen LogP contribution < -0.4 is 30.9 Å². The van der Waals surface area contributed by atoms with E-state index in [1.54, 1.807) is 24.1 Å². The SMILES string of the molecule is CN[C@H](C(=O)NCCCC(=O)N1CCC[C@H]1C(=O)Nc1cc2c(Nc3ccc(N4CCOCC4)cc3)ncnc2cc1OC)C(C)C. The van der Waals surface area contributed by atoms with E-state index in [0.717, 1.165) is 44.1 Å². The van der Waals surface area contributed by atoms with Crippen LogP contribution >= 0.6 is 0 Å². The summed E-state index contributed by atoms with van der Waals surface area (Å²) < 4.78 is 11.1. The van der Waals surface area contributed by atoms with E-state index in [2.05, 4.69) is 48.3 Å². The summed E-state index contributed by atoms with van der Waals surface area (Å²) in [6.45, 7) is 8.04. The summed E-state index contributed by atoms with van der Waals surface area (Å²) in [6, 6.07) is 10.9. The molecule has 1 aromatic heterocycles. The van der Waals surface area contributed by atoms with Crippen molar-refractivity contribution in [2.45, 2.75) is 51.6 Å². The molecule has 252 valence electrons.